The van der Waals surface area contributed by atoms with Gasteiger partial charge in [0.25, 0.3) is 10.0 Å². The van der Waals surface area contributed by atoms with E-state index in [1.54, 1.807) is 18.2 Å². The van der Waals surface area contributed by atoms with Gasteiger partial charge in [-0.3, -0.25) is 9.10 Å². The number of carbonyl (C=O) groups excluding carboxylic acids is 1. The van der Waals surface area contributed by atoms with Gasteiger partial charge in [-0.1, -0.05) is 12.1 Å². The predicted molar refractivity (Wildman–Crippen MR) is 103 cm³/mol. The van der Waals surface area contributed by atoms with Crippen molar-refractivity contribution in [1.82, 2.24) is 0 Å². The Balaban J connectivity index is 2.24. The van der Waals surface area contributed by atoms with E-state index in [4.69, 9.17) is 5.73 Å². The number of primary amides is 1. The summed E-state index contributed by atoms with van der Waals surface area (Å²) in [6.07, 6.45) is 1.30. The summed E-state index contributed by atoms with van der Waals surface area (Å²) in [5.41, 5.74) is 10.6. The zero-order chi connectivity index (χ0) is 19.2. The number of sulfonamides is 1. The minimum atomic E-state index is -3.74. The average Bonchev–Trinajstić information content (AvgIpc) is 2.58. The van der Waals surface area contributed by atoms with Crippen LogP contribution in [0.15, 0.2) is 29.2 Å². The van der Waals surface area contributed by atoms with Crippen molar-refractivity contribution in [3.63, 3.8) is 0 Å². The average molecular weight is 372 g/mol. The molecule has 138 valence electrons. The van der Waals surface area contributed by atoms with Crippen LogP contribution in [0.3, 0.4) is 0 Å². The van der Waals surface area contributed by atoms with Crippen molar-refractivity contribution in [2.45, 2.75) is 45.4 Å². The smallest absolute Gasteiger partial charge is 0.264 e. The lowest BCUT2D eigenvalue weighted by Crippen LogP contribution is -2.37. The van der Waals surface area contributed by atoms with Gasteiger partial charge in [0.2, 0.25) is 5.91 Å². The van der Waals surface area contributed by atoms with Gasteiger partial charge in [-0.05, 0) is 80.5 Å². The highest BCUT2D eigenvalue weighted by molar-refractivity contribution is 7.93. The Morgan fingerprint density at radius 1 is 1.08 bits per heavy atom. The number of nitrogens with zero attached hydrogens (tertiary/aromatic N) is 1. The number of carbonyl (C=O) groups is 1. The summed E-state index contributed by atoms with van der Waals surface area (Å²) in [6.45, 7) is 7.94. The van der Waals surface area contributed by atoms with Gasteiger partial charge in [-0.25, -0.2) is 8.42 Å². The standard InChI is InChI=1S/C20H24N2O3S/c1-12-11-13(2)15(4)19(14(12)3)26(24,25)22-10-6-8-16-17(20(21)23)7-5-9-18(16)22/h5,7,9,11H,6,8,10H2,1-4H3,(H2,21,23). The second-order valence-electron chi connectivity index (χ2n) is 6.94. The molecule has 0 fully saturated rings. The lowest BCUT2D eigenvalue weighted by Gasteiger charge is -2.32. The van der Waals surface area contributed by atoms with E-state index in [1.165, 1.54) is 4.31 Å². The van der Waals surface area contributed by atoms with Crippen LogP contribution in [0, 0.1) is 27.7 Å². The van der Waals surface area contributed by atoms with Crippen molar-refractivity contribution in [3.05, 3.63) is 57.6 Å². The molecule has 1 amide bonds. The lowest BCUT2D eigenvalue weighted by molar-refractivity contribution is 0.0999. The highest BCUT2D eigenvalue weighted by Gasteiger charge is 2.33. The molecule has 1 aliphatic heterocycles. The van der Waals surface area contributed by atoms with Crippen LogP contribution in [0.1, 0.15) is 44.6 Å². The fourth-order valence-corrected chi connectivity index (χ4v) is 5.86. The summed E-state index contributed by atoms with van der Waals surface area (Å²) < 4.78 is 28.6. The number of aryl methyl sites for hydroxylation is 2. The molecule has 5 nitrogen and oxygen atoms in total. The number of fused-ring (bicyclic) bond motifs is 1. The summed E-state index contributed by atoms with van der Waals surface area (Å²) in [5.74, 6) is -0.528. The first kappa shape index (κ1) is 18.5. The number of rotatable bonds is 3. The van der Waals surface area contributed by atoms with Crippen molar-refractivity contribution in [2.75, 3.05) is 10.8 Å². The maximum atomic E-state index is 13.6. The molecule has 1 aliphatic rings. The van der Waals surface area contributed by atoms with Gasteiger partial charge >= 0.3 is 0 Å². The molecule has 2 aromatic rings. The topological polar surface area (TPSA) is 80.5 Å². The summed E-state index contributed by atoms with van der Waals surface area (Å²) in [4.78, 5) is 12.1. The highest BCUT2D eigenvalue weighted by atomic mass is 32.2. The van der Waals surface area contributed by atoms with Crippen molar-refractivity contribution in [2.24, 2.45) is 5.73 Å². The summed E-state index contributed by atoms with van der Waals surface area (Å²) in [7, 11) is -3.74. The Morgan fingerprint density at radius 2 is 1.69 bits per heavy atom. The lowest BCUT2D eigenvalue weighted by atomic mass is 9.97. The quantitative estimate of drug-likeness (QED) is 0.899. The predicted octanol–water partition coefficient (Wildman–Crippen LogP) is 3.16. The third-order valence-electron chi connectivity index (χ3n) is 5.32. The normalized spacial score (nSPS) is 14.2. The maximum Gasteiger partial charge on any atom is 0.264 e. The van der Waals surface area contributed by atoms with Crippen LogP contribution < -0.4 is 10.0 Å². The van der Waals surface area contributed by atoms with Crippen molar-refractivity contribution in [3.8, 4) is 0 Å². The number of hydrogen-bond acceptors (Lipinski definition) is 3. The zero-order valence-corrected chi connectivity index (χ0v) is 16.4. The molecular weight excluding hydrogens is 348 g/mol. The van der Waals surface area contributed by atoms with Crippen LogP contribution in [0.25, 0.3) is 0 Å². The second kappa shape index (κ2) is 6.43. The molecule has 0 saturated carbocycles. The molecule has 1 heterocycles. The van der Waals surface area contributed by atoms with Crippen molar-refractivity contribution < 1.29 is 13.2 Å². The van der Waals surface area contributed by atoms with Gasteiger partial charge in [0.15, 0.2) is 0 Å². The third-order valence-corrected chi connectivity index (χ3v) is 7.41. The SMILES string of the molecule is Cc1cc(C)c(C)c(S(=O)(=O)N2CCCc3c(C(N)=O)cccc32)c1C. The highest BCUT2D eigenvalue weighted by Crippen LogP contribution is 2.36. The number of benzene rings is 2. The molecule has 0 radical (unpaired) electrons. The fourth-order valence-electron chi connectivity index (χ4n) is 3.75. The minimum absolute atomic E-state index is 0.368. The van der Waals surface area contributed by atoms with Crippen molar-refractivity contribution >= 4 is 21.6 Å². The van der Waals surface area contributed by atoms with E-state index in [0.29, 0.717) is 35.5 Å². The molecule has 0 unspecified atom stereocenters. The Labute approximate surface area is 154 Å². The first-order valence-electron chi connectivity index (χ1n) is 8.68. The molecule has 0 aliphatic carbocycles. The first-order chi connectivity index (χ1) is 12.2. The largest absolute Gasteiger partial charge is 0.366 e. The molecule has 2 N–H and O–H groups in total. The summed E-state index contributed by atoms with van der Waals surface area (Å²) in [5, 5.41) is 0. The Kier molecular flexibility index (Phi) is 4.56. The van der Waals surface area contributed by atoms with E-state index in [-0.39, 0.29) is 0 Å². The molecule has 0 aromatic heterocycles. The van der Waals surface area contributed by atoms with Crippen LogP contribution in [0.4, 0.5) is 5.69 Å². The molecular formula is C20H24N2O3S. The molecule has 0 saturated heterocycles. The van der Waals surface area contributed by atoms with E-state index in [9.17, 15) is 13.2 Å². The summed E-state index contributed by atoms with van der Waals surface area (Å²) in [6, 6.07) is 7.11. The van der Waals surface area contributed by atoms with Crippen LogP contribution >= 0.6 is 0 Å². The zero-order valence-electron chi connectivity index (χ0n) is 15.6. The van der Waals surface area contributed by atoms with Gasteiger partial charge in [0.05, 0.1) is 10.6 Å². The van der Waals surface area contributed by atoms with Crippen LogP contribution in [-0.2, 0) is 16.4 Å². The molecule has 2 aromatic carbocycles. The van der Waals surface area contributed by atoms with Gasteiger partial charge in [0, 0.05) is 12.1 Å². The second-order valence-corrected chi connectivity index (χ2v) is 8.74. The van der Waals surface area contributed by atoms with Crippen molar-refractivity contribution in [1.29, 1.82) is 0 Å². The van der Waals surface area contributed by atoms with E-state index < -0.39 is 15.9 Å². The molecule has 6 heteroatoms. The first-order valence-corrected chi connectivity index (χ1v) is 10.1. The Morgan fingerprint density at radius 3 is 2.27 bits per heavy atom. The van der Waals surface area contributed by atoms with Crippen LogP contribution in [0.5, 0.6) is 0 Å². The third kappa shape index (κ3) is 2.78. The Bertz CT molecular complexity index is 984. The van der Waals surface area contributed by atoms with Gasteiger partial charge in [-0.15, -0.1) is 0 Å². The number of nitrogens with two attached hydrogens (primary N) is 1. The fraction of sp³-hybridized carbons (Fsp3) is 0.350. The number of anilines is 1. The van der Waals surface area contributed by atoms with E-state index in [1.807, 2.05) is 33.8 Å². The maximum absolute atomic E-state index is 13.6. The number of amides is 1. The molecule has 3 rings (SSSR count). The summed E-state index contributed by atoms with van der Waals surface area (Å²) >= 11 is 0. The monoisotopic (exact) mass is 372 g/mol. The number of hydrogen-bond donors (Lipinski definition) is 1. The van der Waals surface area contributed by atoms with E-state index in [0.717, 1.165) is 27.8 Å². The van der Waals surface area contributed by atoms with Gasteiger partial charge in [-0.2, -0.15) is 0 Å². The molecule has 0 spiro atoms. The molecule has 0 bridgehead atoms. The van der Waals surface area contributed by atoms with Gasteiger partial charge < -0.3 is 5.73 Å². The Hall–Kier alpha value is -2.34. The minimum Gasteiger partial charge on any atom is -0.366 e. The van der Waals surface area contributed by atoms with Crippen LogP contribution in [0.2, 0.25) is 0 Å². The van der Waals surface area contributed by atoms with E-state index in [2.05, 4.69) is 0 Å². The van der Waals surface area contributed by atoms with Gasteiger partial charge in [0.1, 0.15) is 0 Å². The van der Waals surface area contributed by atoms with Crippen LogP contribution in [-0.4, -0.2) is 20.9 Å². The van der Waals surface area contributed by atoms with E-state index >= 15 is 0 Å². The molecule has 0 atom stereocenters. The molecule has 26 heavy (non-hydrogen) atoms.